The molecular weight excluding hydrogens is 260 g/mol. The molecule has 2 aromatic rings. The number of rotatable bonds is 1. The number of urea groups is 1. The third kappa shape index (κ3) is 2.77. The average molecular weight is 280 g/mol. The Kier molecular flexibility index (Phi) is 3.65. The van der Waals surface area contributed by atoms with Crippen molar-refractivity contribution in [3.8, 4) is 0 Å². The predicted molar refractivity (Wildman–Crippen MR) is 87.0 cm³/mol. The van der Waals surface area contributed by atoms with E-state index in [0.29, 0.717) is 0 Å². The molecule has 0 atom stereocenters. The zero-order chi connectivity index (χ0) is 14.8. The van der Waals surface area contributed by atoms with Gasteiger partial charge in [-0.15, -0.1) is 0 Å². The van der Waals surface area contributed by atoms with Gasteiger partial charge in [0.1, 0.15) is 0 Å². The van der Waals surface area contributed by atoms with Gasteiger partial charge in [0.2, 0.25) is 0 Å². The van der Waals surface area contributed by atoms with Crippen LogP contribution in [0.5, 0.6) is 0 Å². The smallest absolute Gasteiger partial charge is 0.307 e. The van der Waals surface area contributed by atoms with Crippen molar-refractivity contribution in [2.75, 3.05) is 16.8 Å². The Morgan fingerprint density at radius 3 is 2.81 bits per heavy atom. The highest BCUT2D eigenvalue weighted by molar-refractivity contribution is 6.02. The van der Waals surface area contributed by atoms with Gasteiger partial charge in [0.15, 0.2) is 0 Å². The molecule has 108 valence electrons. The molecule has 1 heterocycles. The molecule has 0 aliphatic carbocycles. The summed E-state index contributed by atoms with van der Waals surface area (Å²) in [7, 11) is 0. The molecule has 1 aliphatic heterocycles. The van der Waals surface area contributed by atoms with Gasteiger partial charge in [0, 0.05) is 17.9 Å². The van der Waals surface area contributed by atoms with Crippen LogP contribution < -0.4 is 10.2 Å². The summed E-state index contributed by atoms with van der Waals surface area (Å²) in [5.41, 5.74) is 5.41. The van der Waals surface area contributed by atoms with Crippen LogP contribution >= 0.6 is 0 Å². The van der Waals surface area contributed by atoms with Crippen LogP contribution in [0.4, 0.5) is 16.2 Å². The Bertz CT molecular complexity index is 679. The molecule has 0 unspecified atom stereocenters. The summed E-state index contributed by atoms with van der Waals surface area (Å²) < 4.78 is 0. The monoisotopic (exact) mass is 280 g/mol. The first-order valence-corrected chi connectivity index (χ1v) is 7.39. The van der Waals surface area contributed by atoms with E-state index in [9.17, 15) is 4.79 Å². The van der Waals surface area contributed by atoms with E-state index in [1.165, 1.54) is 5.56 Å². The second-order valence-corrected chi connectivity index (χ2v) is 5.63. The third-order valence-corrected chi connectivity index (χ3v) is 3.99. The Morgan fingerprint density at radius 1 is 1.14 bits per heavy atom. The summed E-state index contributed by atoms with van der Waals surface area (Å²) in [6.07, 6.45) is 2.06. The Hall–Kier alpha value is -2.29. The van der Waals surface area contributed by atoms with E-state index in [0.717, 1.165) is 41.9 Å². The number of nitrogens with one attached hydrogen (secondary N) is 1. The van der Waals surface area contributed by atoms with Crippen LogP contribution in [-0.2, 0) is 6.42 Å². The first kappa shape index (κ1) is 13.7. The summed E-state index contributed by atoms with van der Waals surface area (Å²) in [5, 5.41) is 3.05. The molecule has 2 amide bonds. The highest BCUT2D eigenvalue weighted by atomic mass is 16.2. The van der Waals surface area contributed by atoms with E-state index in [2.05, 4.69) is 17.4 Å². The van der Waals surface area contributed by atoms with Crippen LogP contribution in [-0.4, -0.2) is 12.6 Å². The zero-order valence-electron chi connectivity index (χ0n) is 12.5. The highest BCUT2D eigenvalue weighted by Crippen LogP contribution is 2.27. The molecule has 0 saturated heterocycles. The van der Waals surface area contributed by atoms with Gasteiger partial charge < -0.3 is 5.32 Å². The summed E-state index contributed by atoms with van der Waals surface area (Å²) in [6.45, 7) is 4.82. The minimum Gasteiger partial charge on any atom is -0.307 e. The molecule has 0 spiro atoms. The van der Waals surface area contributed by atoms with Gasteiger partial charge in [0.05, 0.1) is 0 Å². The second kappa shape index (κ2) is 5.60. The number of carbonyl (C=O) groups excluding carboxylic acids is 1. The lowest BCUT2D eigenvalue weighted by atomic mass is 10.0. The molecule has 3 nitrogen and oxygen atoms in total. The lowest BCUT2D eigenvalue weighted by molar-refractivity contribution is 0.256. The first-order chi connectivity index (χ1) is 10.1. The minimum absolute atomic E-state index is 0.0455. The van der Waals surface area contributed by atoms with Crippen molar-refractivity contribution in [3.63, 3.8) is 0 Å². The van der Waals surface area contributed by atoms with Gasteiger partial charge >= 0.3 is 6.03 Å². The molecule has 0 aromatic heterocycles. The quantitative estimate of drug-likeness (QED) is 0.830. The number of benzene rings is 2. The fourth-order valence-corrected chi connectivity index (χ4v) is 2.80. The Balaban J connectivity index is 1.85. The van der Waals surface area contributed by atoms with Crippen molar-refractivity contribution in [1.29, 1.82) is 0 Å². The maximum absolute atomic E-state index is 12.6. The van der Waals surface area contributed by atoms with Gasteiger partial charge in [-0.05, 0) is 55.5 Å². The van der Waals surface area contributed by atoms with E-state index in [1.54, 1.807) is 0 Å². The van der Waals surface area contributed by atoms with Crippen LogP contribution in [0.25, 0.3) is 0 Å². The fraction of sp³-hybridized carbons (Fsp3) is 0.278. The zero-order valence-corrected chi connectivity index (χ0v) is 12.5. The van der Waals surface area contributed by atoms with Crippen molar-refractivity contribution in [1.82, 2.24) is 0 Å². The molecular formula is C18H20N2O. The van der Waals surface area contributed by atoms with Gasteiger partial charge in [-0.1, -0.05) is 30.3 Å². The molecule has 21 heavy (non-hydrogen) atoms. The number of fused-ring (bicyclic) bond motifs is 1. The SMILES string of the molecule is Cc1ccc(C)c(NC(=O)N2CCCc3ccccc32)c1. The molecule has 3 heteroatoms. The number of anilines is 2. The molecule has 1 N–H and O–H groups in total. The van der Waals surface area contributed by atoms with Crippen molar-refractivity contribution < 1.29 is 4.79 Å². The van der Waals surface area contributed by atoms with E-state index in [4.69, 9.17) is 0 Å². The van der Waals surface area contributed by atoms with E-state index < -0.39 is 0 Å². The summed E-state index contributed by atoms with van der Waals surface area (Å²) >= 11 is 0. The second-order valence-electron chi connectivity index (χ2n) is 5.63. The van der Waals surface area contributed by atoms with Crippen LogP contribution in [0.3, 0.4) is 0 Å². The van der Waals surface area contributed by atoms with Crippen molar-refractivity contribution in [2.45, 2.75) is 26.7 Å². The normalized spacial score (nSPS) is 13.7. The maximum Gasteiger partial charge on any atom is 0.326 e. The summed E-state index contributed by atoms with van der Waals surface area (Å²) in [6, 6.07) is 14.2. The summed E-state index contributed by atoms with van der Waals surface area (Å²) in [5.74, 6) is 0. The van der Waals surface area contributed by atoms with Crippen molar-refractivity contribution in [2.24, 2.45) is 0 Å². The standard InChI is InChI=1S/C18H20N2O/c1-13-9-10-14(2)16(12-13)19-18(21)20-11-5-7-15-6-3-4-8-17(15)20/h3-4,6,8-10,12H,5,7,11H2,1-2H3,(H,19,21). The Morgan fingerprint density at radius 2 is 1.95 bits per heavy atom. The third-order valence-electron chi connectivity index (χ3n) is 3.99. The molecule has 0 fully saturated rings. The number of carbonyl (C=O) groups is 1. The fourth-order valence-electron chi connectivity index (χ4n) is 2.80. The van der Waals surface area contributed by atoms with Crippen LogP contribution in [0, 0.1) is 13.8 Å². The summed E-state index contributed by atoms with van der Waals surface area (Å²) in [4.78, 5) is 14.5. The lowest BCUT2D eigenvalue weighted by Gasteiger charge is -2.29. The van der Waals surface area contributed by atoms with E-state index in [1.807, 2.05) is 49.1 Å². The molecule has 1 aliphatic rings. The van der Waals surface area contributed by atoms with Crippen LogP contribution in [0.2, 0.25) is 0 Å². The van der Waals surface area contributed by atoms with Gasteiger partial charge in [-0.2, -0.15) is 0 Å². The van der Waals surface area contributed by atoms with Crippen LogP contribution in [0.1, 0.15) is 23.1 Å². The molecule has 3 rings (SSSR count). The topological polar surface area (TPSA) is 32.3 Å². The molecule has 0 radical (unpaired) electrons. The molecule has 0 bridgehead atoms. The van der Waals surface area contributed by atoms with Gasteiger partial charge in [-0.25, -0.2) is 4.79 Å². The number of aryl methyl sites for hydroxylation is 3. The largest absolute Gasteiger partial charge is 0.326 e. The predicted octanol–water partition coefficient (Wildman–Crippen LogP) is 4.29. The van der Waals surface area contributed by atoms with Crippen molar-refractivity contribution >= 4 is 17.4 Å². The number of hydrogen-bond donors (Lipinski definition) is 1. The minimum atomic E-state index is -0.0455. The van der Waals surface area contributed by atoms with E-state index >= 15 is 0 Å². The maximum atomic E-state index is 12.6. The first-order valence-electron chi connectivity index (χ1n) is 7.39. The number of hydrogen-bond acceptors (Lipinski definition) is 1. The highest BCUT2D eigenvalue weighted by Gasteiger charge is 2.22. The van der Waals surface area contributed by atoms with E-state index in [-0.39, 0.29) is 6.03 Å². The lowest BCUT2D eigenvalue weighted by Crippen LogP contribution is -2.38. The van der Waals surface area contributed by atoms with Crippen molar-refractivity contribution in [3.05, 3.63) is 59.2 Å². The molecule has 0 saturated carbocycles. The van der Waals surface area contributed by atoms with Crippen LogP contribution in [0.15, 0.2) is 42.5 Å². The van der Waals surface area contributed by atoms with Gasteiger partial charge in [0.25, 0.3) is 0 Å². The average Bonchev–Trinajstić information content (AvgIpc) is 2.50. The Labute approximate surface area is 125 Å². The number of nitrogens with zero attached hydrogens (tertiary/aromatic N) is 1. The molecule has 2 aromatic carbocycles. The van der Waals surface area contributed by atoms with Gasteiger partial charge in [-0.3, -0.25) is 4.90 Å². The number of para-hydroxylation sites is 1. The number of amides is 2.